The zero-order valence-corrected chi connectivity index (χ0v) is 9.25. The van der Waals surface area contributed by atoms with Crippen molar-refractivity contribution in [1.82, 2.24) is 9.97 Å². The van der Waals surface area contributed by atoms with Crippen LogP contribution in [0.15, 0.2) is 42.7 Å². The number of anilines is 2. The molecule has 0 atom stereocenters. The van der Waals surface area contributed by atoms with E-state index in [1.165, 1.54) is 7.11 Å². The Hall–Kier alpha value is -2.43. The van der Waals surface area contributed by atoms with E-state index < -0.39 is 0 Å². The van der Waals surface area contributed by atoms with Crippen LogP contribution in [0.25, 0.3) is 0 Å². The van der Waals surface area contributed by atoms with Gasteiger partial charge in [-0.1, -0.05) is 0 Å². The summed E-state index contributed by atoms with van der Waals surface area (Å²) < 4.78 is 4.61. The minimum absolute atomic E-state index is 0.354. The number of nitrogens with one attached hydrogen (secondary N) is 1. The van der Waals surface area contributed by atoms with Crippen LogP contribution in [0.1, 0.15) is 10.4 Å². The maximum atomic E-state index is 11.2. The zero-order valence-electron chi connectivity index (χ0n) is 9.25. The van der Waals surface area contributed by atoms with Crippen molar-refractivity contribution in [1.29, 1.82) is 0 Å². The molecule has 5 nitrogen and oxygen atoms in total. The number of benzene rings is 1. The summed E-state index contributed by atoms with van der Waals surface area (Å²) in [7, 11) is 1.35. The molecule has 1 aromatic carbocycles. The van der Waals surface area contributed by atoms with Crippen LogP contribution in [0.2, 0.25) is 0 Å². The molecule has 0 aliphatic heterocycles. The van der Waals surface area contributed by atoms with Crippen molar-refractivity contribution in [3.8, 4) is 0 Å². The Balaban J connectivity index is 2.11. The van der Waals surface area contributed by atoms with E-state index in [0.29, 0.717) is 11.5 Å². The highest BCUT2D eigenvalue weighted by Crippen LogP contribution is 2.13. The summed E-state index contributed by atoms with van der Waals surface area (Å²) in [5.41, 5.74) is 1.32. The highest BCUT2D eigenvalue weighted by molar-refractivity contribution is 5.89. The average Bonchev–Trinajstić information content (AvgIpc) is 2.40. The highest BCUT2D eigenvalue weighted by atomic mass is 16.5. The molecular weight excluding hydrogens is 218 g/mol. The summed E-state index contributed by atoms with van der Waals surface area (Å²) in [5.74, 6) is 0.158. The van der Waals surface area contributed by atoms with Crippen molar-refractivity contribution in [3.05, 3.63) is 48.3 Å². The van der Waals surface area contributed by atoms with Gasteiger partial charge in [0.05, 0.1) is 12.7 Å². The molecule has 0 bridgehead atoms. The molecule has 1 N–H and O–H groups in total. The van der Waals surface area contributed by atoms with Gasteiger partial charge in [-0.2, -0.15) is 0 Å². The Morgan fingerprint density at radius 3 is 2.41 bits per heavy atom. The number of nitrogens with zero attached hydrogens (tertiary/aromatic N) is 2. The van der Waals surface area contributed by atoms with Crippen molar-refractivity contribution in [2.75, 3.05) is 12.4 Å². The Morgan fingerprint density at radius 2 is 1.82 bits per heavy atom. The molecular formula is C12H11N3O2. The molecule has 0 radical (unpaired) electrons. The smallest absolute Gasteiger partial charge is 0.337 e. The van der Waals surface area contributed by atoms with Crippen LogP contribution in [0.3, 0.4) is 0 Å². The molecule has 5 heteroatoms. The van der Waals surface area contributed by atoms with E-state index in [1.54, 1.807) is 42.7 Å². The third kappa shape index (κ3) is 2.78. The van der Waals surface area contributed by atoms with Gasteiger partial charge in [0.25, 0.3) is 0 Å². The van der Waals surface area contributed by atoms with Gasteiger partial charge >= 0.3 is 5.97 Å². The minimum Gasteiger partial charge on any atom is -0.465 e. The summed E-state index contributed by atoms with van der Waals surface area (Å²) in [6.45, 7) is 0. The topological polar surface area (TPSA) is 64.1 Å². The SMILES string of the molecule is COC(=O)c1ccc(Nc2ncccn2)cc1. The predicted molar refractivity (Wildman–Crippen MR) is 63.1 cm³/mol. The van der Waals surface area contributed by atoms with Gasteiger partial charge in [0.15, 0.2) is 0 Å². The van der Waals surface area contributed by atoms with E-state index in [-0.39, 0.29) is 5.97 Å². The number of carbonyl (C=O) groups is 1. The normalized spacial score (nSPS) is 9.71. The fourth-order valence-corrected chi connectivity index (χ4v) is 1.30. The maximum Gasteiger partial charge on any atom is 0.337 e. The van der Waals surface area contributed by atoms with Gasteiger partial charge < -0.3 is 10.1 Å². The van der Waals surface area contributed by atoms with Crippen LogP contribution in [-0.2, 0) is 4.74 Å². The second-order valence-electron chi connectivity index (χ2n) is 3.27. The first kappa shape index (κ1) is 11.1. The predicted octanol–water partition coefficient (Wildman–Crippen LogP) is 2.01. The molecule has 86 valence electrons. The summed E-state index contributed by atoms with van der Waals surface area (Å²) >= 11 is 0. The second kappa shape index (κ2) is 5.07. The fraction of sp³-hybridized carbons (Fsp3) is 0.0833. The van der Waals surface area contributed by atoms with E-state index >= 15 is 0 Å². The first-order valence-corrected chi connectivity index (χ1v) is 5.02. The van der Waals surface area contributed by atoms with Crippen LogP contribution in [0.5, 0.6) is 0 Å². The summed E-state index contributed by atoms with van der Waals surface area (Å²) in [5, 5.41) is 3.01. The maximum absolute atomic E-state index is 11.2. The summed E-state index contributed by atoms with van der Waals surface area (Å²) in [6, 6.07) is 8.63. The van der Waals surface area contributed by atoms with Crippen LogP contribution >= 0.6 is 0 Å². The number of carbonyl (C=O) groups excluding carboxylic acids is 1. The van der Waals surface area contributed by atoms with Gasteiger partial charge in [-0.3, -0.25) is 0 Å². The van der Waals surface area contributed by atoms with Crippen molar-refractivity contribution < 1.29 is 9.53 Å². The van der Waals surface area contributed by atoms with Gasteiger partial charge in [0.1, 0.15) is 0 Å². The largest absolute Gasteiger partial charge is 0.465 e. The van der Waals surface area contributed by atoms with Gasteiger partial charge in [0, 0.05) is 18.1 Å². The molecule has 0 aliphatic carbocycles. The van der Waals surface area contributed by atoms with Gasteiger partial charge in [-0.15, -0.1) is 0 Å². The monoisotopic (exact) mass is 229 g/mol. The molecule has 0 amide bonds. The van der Waals surface area contributed by atoms with Crippen molar-refractivity contribution in [2.24, 2.45) is 0 Å². The number of esters is 1. The van der Waals surface area contributed by atoms with Gasteiger partial charge in [-0.25, -0.2) is 14.8 Å². The zero-order chi connectivity index (χ0) is 12.1. The number of ether oxygens (including phenoxy) is 1. The number of methoxy groups -OCH3 is 1. The van der Waals surface area contributed by atoms with Gasteiger partial charge in [0.2, 0.25) is 5.95 Å². The van der Waals surface area contributed by atoms with Crippen LogP contribution in [0.4, 0.5) is 11.6 Å². The molecule has 0 saturated carbocycles. The van der Waals surface area contributed by atoms with Crippen LogP contribution in [0, 0.1) is 0 Å². The number of hydrogen-bond donors (Lipinski definition) is 1. The molecule has 0 fully saturated rings. The second-order valence-corrected chi connectivity index (χ2v) is 3.27. The first-order chi connectivity index (χ1) is 8.29. The highest BCUT2D eigenvalue weighted by Gasteiger charge is 2.04. The standard InChI is InChI=1S/C12H11N3O2/c1-17-11(16)9-3-5-10(6-4-9)15-12-13-7-2-8-14-12/h2-8H,1H3,(H,13,14,15). The molecule has 1 heterocycles. The van der Waals surface area contributed by atoms with Gasteiger partial charge in [-0.05, 0) is 30.3 Å². The molecule has 2 rings (SSSR count). The van der Waals surface area contributed by atoms with Crippen LogP contribution < -0.4 is 5.32 Å². The summed E-state index contributed by atoms with van der Waals surface area (Å²) in [6.07, 6.45) is 3.30. The molecule has 0 saturated heterocycles. The van der Waals surface area contributed by atoms with Crippen molar-refractivity contribution in [3.63, 3.8) is 0 Å². The fourth-order valence-electron chi connectivity index (χ4n) is 1.30. The lowest BCUT2D eigenvalue weighted by molar-refractivity contribution is 0.0601. The quantitative estimate of drug-likeness (QED) is 0.815. The van der Waals surface area contributed by atoms with E-state index in [9.17, 15) is 4.79 Å². The number of aromatic nitrogens is 2. The number of rotatable bonds is 3. The average molecular weight is 229 g/mol. The van der Waals surface area contributed by atoms with E-state index in [0.717, 1.165) is 5.69 Å². The van der Waals surface area contributed by atoms with Crippen LogP contribution in [-0.4, -0.2) is 23.0 Å². The van der Waals surface area contributed by atoms with E-state index in [4.69, 9.17) is 0 Å². The number of hydrogen-bond acceptors (Lipinski definition) is 5. The Labute approximate surface area is 98.5 Å². The molecule has 1 aromatic heterocycles. The molecule has 0 spiro atoms. The molecule has 0 unspecified atom stereocenters. The Morgan fingerprint density at radius 1 is 1.18 bits per heavy atom. The molecule has 0 aliphatic rings. The van der Waals surface area contributed by atoms with Crippen molar-refractivity contribution in [2.45, 2.75) is 0 Å². The lowest BCUT2D eigenvalue weighted by Crippen LogP contribution is -2.01. The Bertz CT molecular complexity index is 497. The third-order valence-corrected chi connectivity index (χ3v) is 2.13. The summed E-state index contributed by atoms with van der Waals surface area (Å²) in [4.78, 5) is 19.3. The lowest BCUT2D eigenvalue weighted by Gasteiger charge is -2.04. The molecule has 17 heavy (non-hydrogen) atoms. The first-order valence-electron chi connectivity index (χ1n) is 5.02. The van der Waals surface area contributed by atoms with E-state index in [2.05, 4.69) is 20.0 Å². The van der Waals surface area contributed by atoms with Crippen molar-refractivity contribution >= 4 is 17.6 Å². The molecule has 2 aromatic rings. The van der Waals surface area contributed by atoms with E-state index in [1.807, 2.05) is 0 Å². The third-order valence-electron chi connectivity index (χ3n) is 2.13. The minimum atomic E-state index is -0.354. The Kier molecular flexibility index (Phi) is 3.30. The lowest BCUT2D eigenvalue weighted by atomic mass is 10.2.